The Balaban J connectivity index is 1.53. The number of hydrogen-bond donors (Lipinski definition) is 0. The molecule has 0 bridgehead atoms. The summed E-state index contributed by atoms with van der Waals surface area (Å²) in [4.78, 5) is 23.6. The summed E-state index contributed by atoms with van der Waals surface area (Å²) >= 11 is 0. The van der Waals surface area contributed by atoms with Gasteiger partial charge in [-0.1, -0.05) is 26.0 Å². The summed E-state index contributed by atoms with van der Waals surface area (Å²) in [6, 6.07) is 9.91. The second-order valence-corrected chi connectivity index (χ2v) is 7.38. The summed E-state index contributed by atoms with van der Waals surface area (Å²) in [5.74, 6) is 1.21. The molecule has 5 nitrogen and oxygen atoms in total. The molecule has 4 rings (SSSR count). The Bertz CT molecular complexity index is 948. The fourth-order valence-corrected chi connectivity index (χ4v) is 3.64. The minimum absolute atomic E-state index is 0.0781. The average molecular weight is 361 g/mol. The van der Waals surface area contributed by atoms with Crippen molar-refractivity contribution in [1.82, 2.24) is 14.9 Å². The lowest BCUT2D eigenvalue weighted by atomic mass is 9.91. The zero-order valence-corrected chi connectivity index (χ0v) is 15.8. The number of benzene rings is 1. The molecule has 3 aromatic rings. The van der Waals surface area contributed by atoms with E-state index in [9.17, 15) is 4.79 Å². The Morgan fingerprint density at radius 1 is 1.15 bits per heavy atom. The van der Waals surface area contributed by atoms with Crippen molar-refractivity contribution in [3.63, 3.8) is 0 Å². The van der Waals surface area contributed by atoms with Gasteiger partial charge in [-0.2, -0.15) is 0 Å². The van der Waals surface area contributed by atoms with Crippen LogP contribution in [0.25, 0.3) is 11.5 Å². The largest absolute Gasteiger partial charge is 0.445 e. The van der Waals surface area contributed by atoms with Crippen molar-refractivity contribution in [3.05, 3.63) is 71.4 Å². The number of oxazole rings is 1. The zero-order valence-electron chi connectivity index (χ0n) is 15.8. The lowest BCUT2D eigenvalue weighted by molar-refractivity contribution is 0.0749. The number of carbonyl (C=O) groups is 1. The van der Waals surface area contributed by atoms with Crippen LogP contribution in [0.15, 0.2) is 53.4 Å². The van der Waals surface area contributed by atoms with E-state index in [-0.39, 0.29) is 11.8 Å². The number of aromatic nitrogens is 2. The van der Waals surface area contributed by atoms with E-state index in [0.717, 1.165) is 27.9 Å². The van der Waals surface area contributed by atoms with Crippen molar-refractivity contribution in [3.8, 4) is 11.5 Å². The molecule has 27 heavy (non-hydrogen) atoms. The molecule has 0 N–H and O–H groups in total. The average Bonchev–Trinajstić information content (AvgIpc) is 3.31. The van der Waals surface area contributed by atoms with Crippen LogP contribution in [-0.4, -0.2) is 27.3 Å². The molecule has 1 aliphatic heterocycles. The molecule has 2 aromatic heterocycles. The van der Waals surface area contributed by atoms with Crippen LogP contribution in [0.3, 0.4) is 0 Å². The van der Waals surface area contributed by atoms with Crippen molar-refractivity contribution in [2.45, 2.75) is 33.2 Å². The van der Waals surface area contributed by atoms with Gasteiger partial charge in [0.25, 0.3) is 5.91 Å². The fraction of sp³-hybridized carbons (Fsp3) is 0.318. The maximum Gasteiger partial charge on any atom is 0.254 e. The van der Waals surface area contributed by atoms with E-state index in [4.69, 9.17) is 4.42 Å². The van der Waals surface area contributed by atoms with Gasteiger partial charge in [0.15, 0.2) is 0 Å². The highest BCUT2D eigenvalue weighted by Gasteiger charge is 2.32. The van der Waals surface area contributed by atoms with Gasteiger partial charge < -0.3 is 9.32 Å². The van der Waals surface area contributed by atoms with Crippen LogP contribution >= 0.6 is 0 Å². The van der Waals surface area contributed by atoms with E-state index in [1.165, 1.54) is 0 Å². The van der Waals surface area contributed by atoms with Crippen LogP contribution in [0.2, 0.25) is 0 Å². The highest BCUT2D eigenvalue weighted by atomic mass is 16.3. The van der Waals surface area contributed by atoms with Gasteiger partial charge >= 0.3 is 0 Å². The van der Waals surface area contributed by atoms with Crippen LogP contribution in [0.5, 0.6) is 0 Å². The van der Waals surface area contributed by atoms with Crippen LogP contribution in [0, 0.1) is 12.8 Å². The lowest BCUT2D eigenvalue weighted by Crippen LogP contribution is -2.31. The first-order valence-corrected chi connectivity index (χ1v) is 9.28. The minimum atomic E-state index is 0.0781. The topological polar surface area (TPSA) is 59.2 Å². The standard InChI is InChI=1S/C22H23N3O2/c1-14-7-8-20(24-11-14)16(3)15(2)12-25-13-19-17(21-23-9-10-27-21)5-4-6-18(19)22(25)26/h4-11,15-16H,12-13H2,1-3H3/t15-,16?/m0/s1. The zero-order chi connectivity index (χ0) is 19.0. The Morgan fingerprint density at radius 2 is 1.96 bits per heavy atom. The normalized spacial score (nSPS) is 15.7. The van der Waals surface area contributed by atoms with Gasteiger partial charge in [-0.05, 0) is 42.2 Å². The Kier molecular flexibility index (Phi) is 4.52. The number of aryl methyl sites for hydroxylation is 1. The second kappa shape index (κ2) is 6.99. The summed E-state index contributed by atoms with van der Waals surface area (Å²) in [6.07, 6.45) is 5.08. The van der Waals surface area contributed by atoms with Gasteiger partial charge in [0.1, 0.15) is 6.26 Å². The molecular formula is C22H23N3O2. The summed E-state index contributed by atoms with van der Waals surface area (Å²) in [5, 5.41) is 0. The van der Waals surface area contributed by atoms with Gasteiger partial charge in [0.2, 0.25) is 5.89 Å². The number of hydrogen-bond acceptors (Lipinski definition) is 4. The molecule has 0 fully saturated rings. The minimum Gasteiger partial charge on any atom is -0.445 e. The maximum atomic E-state index is 12.9. The molecule has 1 unspecified atom stereocenters. The Labute approximate surface area is 159 Å². The molecule has 1 aliphatic rings. The van der Waals surface area contributed by atoms with E-state index < -0.39 is 0 Å². The summed E-state index contributed by atoms with van der Waals surface area (Å²) in [5.41, 5.74) is 4.87. The van der Waals surface area contributed by atoms with Crippen molar-refractivity contribution in [2.24, 2.45) is 5.92 Å². The molecule has 0 saturated heterocycles. The predicted molar refractivity (Wildman–Crippen MR) is 103 cm³/mol. The SMILES string of the molecule is Cc1ccc(C(C)[C@@H](C)CN2Cc3c(cccc3-c3ncco3)C2=O)nc1. The third kappa shape index (κ3) is 3.25. The number of fused-ring (bicyclic) bond motifs is 1. The summed E-state index contributed by atoms with van der Waals surface area (Å²) in [6.45, 7) is 7.67. The molecule has 2 atom stereocenters. The van der Waals surface area contributed by atoms with Gasteiger partial charge in [0, 0.05) is 42.0 Å². The van der Waals surface area contributed by atoms with Crippen molar-refractivity contribution in [2.75, 3.05) is 6.54 Å². The molecule has 0 saturated carbocycles. The Morgan fingerprint density at radius 3 is 2.67 bits per heavy atom. The summed E-state index contributed by atoms with van der Waals surface area (Å²) < 4.78 is 5.45. The number of nitrogens with zero attached hydrogens (tertiary/aromatic N) is 3. The first-order chi connectivity index (χ1) is 13.0. The van der Waals surface area contributed by atoms with Gasteiger partial charge in [-0.3, -0.25) is 9.78 Å². The van der Waals surface area contributed by atoms with Crippen LogP contribution in [0.4, 0.5) is 0 Å². The third-order valence-corrected chi connectivity index (χ3v) is 5.47. The van der Waals surface area contributed by atoms with Gasteiger partial charge in [-0.15, -0.1) is 0 Å². The monoisotopic (exact) mass is 361 g/mol. The third-order valence-electron chi connectivity index (χ3n) is 5.47. The lowest BCUT2D eigenvalue weighted by Gasteiger charge is -2.25. The molecule has 0 aliphatic carbocycles. The Hall–Kier alpha value is -2.95. The number of amides is 1. The summed E-state index contributed by atoms with van der Waals surface area (Å²) in [7, 11) is 0. The van der Waals surface area contributed by atoms with Gasteiger partial charge in [-0.25, -0.2) is 4.98 Å². The number of carbonyl (C=O) groups excluding carboxylic acids is 1. The quantitative estimate of drug-likeness (QED) is 0.674. The van der Waals surface area contributed by atoms with Crippen molar-refractivity contribution in [1.29, 1.82) is 0 Å². The maximum absolute atomic E-state index is 12.9. The molecular weight excluding hydrogens is 338 g/mol. The highest BCUT2D eigenvalue weighted by molar-refractivity contribution is 6.00. The number of rotatable bonds is 5. The van der Waals surface area contributed by atoms with E-state index in [1.807, 2.05) is 36.2 Å². The van der Waals surface area contributed by atoms with Crippen LogP contribution < -0.4 is 0 Å². The van der Waals surface area contributed by atoms with Crippen molar-refractivity contribution < 1.29 is 9.21 Å². The smallest absolute Gasteiger partial charge is 0.254 e. The molecule has 0 spiro atoms. The molecule has 5 heteroatoms. The first-order valence-electron chi connectivity index (χ1n) is 9.28. The molecule has 138 valence electrons. The fourth-order valence-electron chi connectivity index (χ4n) is 3.64. The van der Waals surface area contributed by atoms with Crippen LogP contribution in [-0.2, 0) is 6.54 Å². The van der Waals surface area contributed by atoms with E-state index >= 15 is 0 Å². The molecule has 3 heterocycles. The number of pyridine rings is 1. The first kappa shape index (κ1) is 17.5. The van der Waals surface area contributed by atoms with E-state index in [1.54, 1.807) is 12.5 Å². The second-order valence-electron chi connectivity index (χ2n) is 7.38. The van der Waals surface area contributed by atoms with Gasteiger partial charge in [0.05, 0.1) is 6.20 Å². The van der Waals surface area contributed by atoms with Crippen molar-refractivity contribution >= 4 is 5.91 Å². The van der Waals surface area contributed by atoms with Crippen LogP contribution in [0.1, 0.15) is 46.9 Å². The molecule has 1 amide bonds. The van der Waals surface area contributed by atoms with E-state index in [0.29, 0.717) is 24.9 Å². The predicted octanol–water partition coefficient (Wildman–Crippen LogP) is 4.44. The van der Waals surface area contributed by atoms with E-state index in [2.05, 4.69) is 35.9 Å². The molecule has 0 radical (unpaired) electrons. The highest BCUT2D eigenvalue weighted by Crippen LogP contribution is 2.33. The molecule has 1 aromatic carbocycles.